The summed E-state index contributed by atoms with van der Waals surface area (Å²) in [5.74, 6) is -0.970. The third kappa shape index (κ3) is 6.33. The predicted molar refractivity (Wildman–Crippen MR) is 114 cm³/mol. The molecule has 9 nitrogen and oxygen atoms in total. The largest absolute Gasteiger partial charge is 0.493 e. The molecule has 0 aliphatic carbocycles. The highest BCUT2D eigenvalue weighted by molar-refractivity contribution is 7.91. The number of benzene rings is 1. The van der Waals surface area contributed by atoms with Crippen LogP contribution in [0.2, 0.25) is 5.02 Å². The van der Waals surface area contributed by atoms with Crippen LogP contribution in [-0.2, 0) is 24.2 Å². The molecule has 0 saturated carbocycles. The third-order valence-corrected chi connectivity index (χ3v) is 7.43. The van der Waals surface area contributed by atoms with Gasteiger partial charge in [-0.1, -0.05) is 11.6 Å². The van der Waals surface area contributed by atoms with Gasteiger partial charge in [-0.3, -0.25) is 25.2 Å². The highest BCUT2D eigenvalue weighted by atomic mass is 35.5. The van der Waals surface area contributed by atoms with Crippen LogP contribution >= 0.6 is 11.6 Å². The second kappa shape index (κ2) is 9.86. The van der Waals surface area contributed by atoms with Gasteiger partial charge in [0, 0.05) is 30.5 Å². The fraction of sp³-hybridized carbons (Fsp3) is 0.550. The molecule has 1 aromatic rings. The first kappa shape index (κ1) is 23.3. The summed E-state index contributed by atoms with van der Waals surface area (Å²) in [6.07, 6.45) is 1.02. The molecule has 170 valence electrons. The van der Waals surface area contributed by atoms with Crippen molar-refractivity contribution in [3.8, 4) is 5.75 Å². The fourth-order valence-corrected chi connectivity index (χ4v) is 5.72. The molecular weight excluding hydrogens is 446 g/mol. The Morgan fingerprint density at radius 2 is 2.06 bits per heavy atom. The number of sulfone groups is 1. The van der Waals surface area contributed by atoms with Gasteiger partial charge in [-0.15, -0.1) is 0 Å². The van der Waals surface area contributed by atoms with E-state index in [4.69, 9.17) is 16.3 Å². The van der Waals surface area contributed by atoms with E-state index in [0.29, 0.717) is 30.2 Å². The average Bonchev–Trinajstić information content (AvgIpc) is 3.26. The van der Waals surface area contributed by atoms with Crippen molar-refractivity contribution in [3.63, 3.8) is 0 Å². The molecule has 1 aromatic carbocycles. The molecule has 0 spiro atoms. The Labute approximate surface area is 186 Å². The Morgan fingerprint density at radius 1 is 1.29 bits per heavy atom. The van der Waals surface area contributed by atoms with E-state index in [0.717, 1.165) is 5.56 Å². The van der Waals surface area contributed by atoms with Crippen molar-refractivity contribution in [1.82, 2.24) is 15.8 Å². The number of amides is 3. The smallest absolute Gasteiger partial charge is 0.243 e. The van der Waals surface area contributed by atoms with E-state index < -0.39 is 21.7 Å². The molecule has 2 unspecified atom stereocenters. The van der Waals surface area contributed by atoms with Gasteiger partial charge >= 0.3 is 0 Å². The van der Waals surface area contributed by atoms with Crippen molar-refractivity contribution < 1.29 is 27.5 Å². The number of hydrogen-bond acceptors (Lipinski definition) is 6. The zero-order valence-electron chi connectivity index (χ0n) is 17.2. The number of hydrazine groups is 1. The maximum Gasteiger partial charge on any atom is 0.243 e. The standard InChI is InChI=1S/C20H26ClN3O6S/c1-13-9-15(21)4-5-17(13)30-7-2-3-18(25)22-23-20(27)14-10-19(26)24(11-14)16-6-8-31(28,29)12-16/h4-5,9,14,16H,2-3,6-8,10-12H2,1H3,(H,22,25)(H,23,27). The van der Waals surface area contributed by atoms with Gasteiger partial charge in [-0.05, 0) is 43.5 Å². The van der Waals surface area contributed by atoms with Gasteiger partial charge in [-0.2, -0.15) is 0 Å². The van der Waals surface area contributed by atoms with Crippen molar-refractivity contribution in [1.29, 1.82) is 0 Å². The number of nitrogens with zero attached hydrogens (tertiary/aromatic N) is 1. The van der Waals surface area contributed by atoms with Crippen molar-refractivity contribution in [2.24, 2.45) is 5.92 Å². The molecule has 2 atom stereocenters. The first-order valence-electron chi connectivity index (χ1n) is 10.1. The lowest BCUT2D eigenvalue weighted by molar-refractivity contribution is -0.131. The minimum absolute atomic E-state index is 0.00648. The van der Waals surface area contributed by atoms with Crippen LogP contribution in [0.15, 0.2) is 18.2 Å². The van der Waals surface area contributed by atoms with Crippen LogP contribution in [0.25, 0.3) is 0 Å². The number of halogens is 1. The van der Waals surface area contributed by atoms with Crippen LogP contribution in [-0.4, -0.2) is 61.7 Å². The second-order valence-corrected chi connectivity index (χ2v) is 10.6. The normalized spacial score (nSPS) is 22.4. The summed E-state index contributed by atoms with van der Waals surface area (Å²) in [6.45, 7) is 2.37. The summed E-state index contributed by atoms with van der Waals surface area (Å²) >= 11 is 5.90. The van der Waals surface area contributed by atoms with Gasteiger partial charge in [0.1, 0.15) is 5.75 Å². The molecule has 0 radical (unpaired) electrons. The minimum Gasteiger partial charge on any atom is -0.493 e. The van der Waals surface area contributed by atoms with E-state index in [2.05, 4.69) is 10.9 Å². The van der Waals surface area contributed by atoms with E-state index in [-0.39, 0.29) is 48.7 Å². The van der Waals surface area contributed by atoms with Gasteiger partial charge in [-0.25, -0.2) is 8.42 Å². The number of hydrogen-bond donors (Lipinski definition) is 2. The van der Waals surface area contributed by atoms with E-state index in [1.54, 1.807) is 18.2 Å². The lowest BCUT2D eigenvalue weighted by Gasteiger charge is -2.22. The van der Waals surface area contributed by atoms with Crippen molar-refractivity contribution in [2.75, 3.05) is 24.7 Å². The molecule has 0 aromatic heterocycles. The fourth-order valence-electron chi connectivity index (χ4n) is 3.77. The lowest BCUT2D eigenvalue weighted by atomic mass is 10.1. The molecule has 3 rings (SSSR count). The molecule has 2 N–H and O–H groups in total. The molecule has 2 aliphatic heterocycles. The van der Waals surface area contributed by atoms with E-state index in [1.807, 2.05) is 6.92 Å². The van der Waals surface area contributed by atoms with Gasteiger partial charge in [0.15, 0.2) is 9.84 Å². The number of nitrogens with one attached hydrogen (secondary N) is 2. The average molecular weight is 472 g/mol. The van der Waals surface area contributed by atoms with Gasteiger partial charge in [0.2, 0.25) is 17.7 Å². The maximum atomic E-state index is 12.3. The molecule has 2 fully saturated rings. The lowest BCUT2D eigenvalue weighted by Crippen LogP contribution is -2.45. The third-order valence-electron chi connectivity index (χ3n) is 5.45. The molecule has 0 bridgehead atoms. The molecular formula is C20H26ClN3O6S. The zero-order valence-corrected chi connectivity index (χ0v) is 18.8. The van der Waals surface area contributed by atoms with Crippen LogP contribution in [0.1, 0.15) is 31.2 Å². The van der Waals surface area contributed by atoms with Crippen LogP contribution in [0.3, 0.4) is 0 Å². The Kier molecular flexibility index (Phi) is 7.42. The summed E-state index contributed by atoms with van der Waals surface area (Å²) in [5, 5.41) is 0.625. The molecule has 2 aliphatic rings. The number of likely N-dealkylation sites (tertiary alicyclic amines) is 1. The van der Waals surface area contributed by atoms with Crippen LogP contribution in [0.5, 0.6) is 5.75 Å². The summed E-state index contributed by atoms with van der Waals surface area (Å²) in [4.78, 5) is 37.9. The number of ether oxygens (including phenoxy) is 1. The van der Waals surface area contributed by atoms with E-state index in [9.17, 15) is 22.8 Å². The molecule has 3 amide bonds. The Hall–Kier alpha value is -2.33. The Bertz CT molecular complexity index is 968. The Balaban J connectivity index is 1.35. The monoisotopic (exact) mass is 471 g/mol. The van der Waals surface area contributed by atoms with Crippen molar-refractivity contribution in [3.05, 3.63) is 28.8 Å². The molecule has 11 heteroatoms. The number of aryl methyl sites for hydroxylation is 1. The summed E-state index contributed by atoms with van der Waals surface area (Å²) in [7, 11) is -3.12. The minimum atomic E-state index is -3.12. The number of carbonyl (C=O) groups is 3. The number of carbonyl (C=O) groups excluding carboxylic acids is 3. The van der Waals surface area contributed by atoms with Crippen molar-refractivity contribution >= 4 is 39.2 Å². The summed E-state index contributed by atoms with van der Waals surface area (Å²) in [6, 6.07) is 4.92. The highest BCUT2D eigenvalue weighted by Crippen LogP contribution is 2.26. The maximum absolute atomic E-state index is 12.3. The highest BCUT2D eigenvalue weighted by Gasteiger charge is 2.41. The molecule has 31 heavy (non-hydrogen) atoms. The quantitative estimate of drug-likeness (QED) is 0.451. The Morgan fingerprint density at radius 3 is 2.74 bits per heavy atom. The first-order chi connectivity index (χ1) is 14.6. The summed E-state index contributed by atoms with van der Waals surface area (Å²) in [5.41, 5.74) is 5.61. The number of rotatable bonds is 7. The van der Waals surface area contributed by atoms with Gasteiger partial charge < -0.3 is 9.64 Å². The molecule has 2 saturated heterocycles. The topological polar surface area (TPSA) is 122 Å². The van der Waals surface area contributed by atoms with Gasteiger partial charge in [0.25, 0.3) is 0 Å². The van der Waals surface area contributed by atoms with Crippen LogP contribution in [0.4, 0.5) is 0 Å². The first-order valence-corrected chi connectivity index (χ1v) is 12.3. The van der Waals surface area contributed by atoms with Gasteiger partial charge in [0.05, 0.1) is 24.0 Å². The molecule has 2 heterocycles. The second-order valence-electron chi connectivity index (χ2n) is 7.90. The SMILES string of the molecule is Cc1cc(Cl)ccc1OCCCC(=O)NNC(=O)C1CC(=O)N(C2CCS(=O)(=O)C2)C1. The summed E-state index contributed by atoms with van der Waals surface area (Å²) < 4.78 is 28.9. The zero-order chi connectivity index (χ0) is 22.6. The van der Waals surface area contributed by atoms with Crippen LogP contribution < -0.4 is 15.6 Å². The predicted octanol–water partition coefficient (Wildman–Crippen LogP) is 0.990. The van der Waals surface area contributed by atoms with Crippen LogP contribution in [0, 0.1) is 12.8 Å². The van der Waals surface area contributed by atoms with E-state index in [1.165, 1.54) is 4.90 Å². The van der Waals surface area contributed by atoms with Crippen molar-refractivity contribution in [2.45, 2.75) is 38.6 Å². The van der Waals surface area contributed by atoms with E-state index >= 15 is 0 Å².